The normalized spacial score (nSPS) is 11.2. The molecule has 0 N–H and O–H groups in total. The molecule has 0 amide bonds. The summed E-state index contributed by atoms with van der Waals surface area (Å²) in [7, 11) is 3.37. The lowest BCUT2D eigenvalue weighted by molar-refractivity contribution is 0.0601. The number of carbonyl (C=O) groups excluding carboxylic acids is 1. The van der Waals surface area contributed by atoms with Crippen molar-refractivity contribution in [3.05, 3.63) is 60.7 Å². The summed E-state index contributed by atoms with van der Waals surface area (Å²) in [6.07, 6.45) is 5.61. The Morgan fingerprint density at radius 1 is 1.09 bits per heavy atom. The van der Waals surface area contributed by atoms with Gasteiger partial charge in [-0.1, -0.05) is 12.1 Å². The minimum Gasteiger partial charge on any atom is -0.465 e. The first kappa shape index (κ1) is 13.6. The van der Waals surface area contributed by atoms with E-state index in [2.05, 4.69) is 17.1 Å². The summed E-state index contributed by atoms with van der Waals surface area (Å²) in [5, 5.41) is 0. The van der Waals surface area contributed by atoms with Crippen LogP contribution in [0.15, 0.2) is 55.1 Å². The third kappa shape index (κ3) is 2.17. The molecule has 0 aliphatic rings. The van der Waals surface area contributed by atoms with E-state index >= 15 is 0 Å². The van der Waals surface area contributed by atoms with Crippen LogP contribution >= 0.6 is 0 Å². The Bertz CT molecular complexity index is 1040. The van der Waals surface area contributed by atoms with Crippen molar-refractivity contribution in [2.45, 2.75) is 0 Å². The summed E-state index contributed by atoms with van der Waals surface area (Å²) in [4.78, 5) is 16.0. The molecule has 1 aromatic carbocycles. The number of nitrogens with zero attached hydrogens (tertiary/aromatic N) is 3. The third-order valence-corrected chi connectivity index (χ3v) is 4.07. The first-order valence-electron chi connectivity index (χ1n) is 7.27. The van der Waals surface area contributed by atoms with E-state index < -0.39 is 0 Å². The van der Waals surface area contributed by atoms with Crippen molar-refractivity contribution in [1.29, 1.82) is 0 Å². The van der Waals surface area contributed by atoms with Crippen molar-refractivity contribution in [3.8, 4) is 11.1 Å². The molecule has 0 aliphatic heterocycles. The molecular formula is C18H15N3O2. The molecule has 0 unspecified atom stereocenters. The number of fused-ring (bicyclic) bond motifs is 2. The molecule has 114 valence electrons. The number of benzene rings is 1. The van der Waals surface area contributed by atoms with Gasteiger partial charge in [-0.2, -0.15) is 0 Å². The third-order valence-electron chi connectivity index (χ3n) is 4.07. The van der Waals surface area contributed by atoms with Crippen LogP contribution in [0.4, 0.5) is 0 Å². The van der Waals surface area contributed by atoms with Crippen molar-refractivity contribution in [2.75, 3.05) is 7.11 Å². The maximum atomic E-state index is 11.6. The predicted octanol–water partition coefficient (Wildman–Crippen LogP) is 3.28. The zero-order chi connectivity index (χ0) is 16.0. The molecule has 4 rings (SSSR count). The largest absolute Gasteiger partial charge is 0.465 e. The number of hydrogen-bond donors (Lipinski definition) is 0. The molecule has 0 radical (unpaired) electrons. The van der Waals surface area contributed by atoms with Crippen LogP contribution in [0.25, 0.3) is 27.7 Å². The summed E-state index contributed by atoms with van der Waals surface area (Å²) in [5.74, 6) is -0.327. The van der Waals surface area contributed by atoms with Gasteiger partial charge in [-0.05, 0) is 35.4 Å². The number of aryl methyl sites for hydroxylation is 1. The molecule has 0 fully saturated rings. The lowest BCUT2D eigenvalue weighted by Crippen LogP contribution is -1.98. The van der Waals surface area contributed by atoms with Gasteiger partial charge in [0.15, 0.2) is 0 Å². The van der Waals surface area contributed by atoms with Crippen LogP contribution < -0.4 is 0 Å². The minimum absolute atomic E-state index is 0.327. The molecule has 0 saturated carbocycles. The van der Waals surface area contributed by atoms with E-state index in [1.165, 1.54) is 7.11 Å². The van der Waals surface area contributed by atoms with Crippen LogP contribution in [0.2, 0.25) is 0 Å². The quantitative estimate of drug-likeness (QED) is 0.534. The number of hydrogen-bond acceptors (Lipinski definition) is 3. The Hall–Kier alpha value is -3.08. The van der Waals surface area contributed by atoms with Crippen molar-refractivity contribution in [3.63, 3.8) is 0 Å². The van der Waals surface area contributed by atoms with Crippen LogP contribution in [0.5, 0.6) is 0 Å². The lowest BCUT2D eigenvalue weighted by Gasteiger charge is -2.04. The molecule has 0 saturated heterocycles. The number of aromatic nitrogens is 3. The lowest BCUT2D eigenvalue weighted by atomic mass is 10.1. The number of esters is 1. The summed E-state index contributed by atoms with van der Waals surface area (Å²) in [6.45, 7) is 0. The van der Waals surface area contributed by atoms with Crippen LogP contribution in [0.3, 0.4) is 0 Å². The van der Waals surface area contributed by atoms with Crippen molar-refractivity contribution < 1.29 is 9.53 Å². The van der Waals surface area contributed by atoms with Crippen molar-refractivity contribution in [1.82, 2.24) is 14.0 Å². The van der Waals surface area contributed by atoms with E-state index in [0.29, 0.717) is 5.56 Å². The average Bonchev–Trinajstić information content (AvgIpc) is 3.17. The standard InChI is InChI=1S/C18H15N3O2/c1-20-11-19-16-6-4-12(8-17(16)20)13-3-5-15-7-14(18(22)23-2)10-21(15)9-13/h3-11H,1-2H3. The van der Waals surface area contributed by atoms with Gasteiger partial charge in [-0.25, -0.2) is 9.78 Å². The highest BCUT2D eigenvalue weighted by atomic mass is 16.5. The zero-order valence-corrected chi connectivity index (χ0v) is 12.9. The molecule has 3 aromatic heterocycles. The molecule has 0 atom stereocenters. The first-order chi connectivity index (χ1) is 11.2. The highest BCUT2D eigenvalue weighted by Crippen LogP contribution is 2.25. The highest BCUT2D eigenvalue weighted by Gasteiger charge is 2.10. The molecule has 4 aromatic rings. The Morgan fingerprint density at radius 3 is 2.74 bits per heavy atom. The number of ether oxygens (including phenoxy) is 1. The molecule has 0 bridgehead atoms. The number of pyridine rings is 1. The number of carbonyl (C=O) groups is 1. The van der Waals surface area contributed by atoms with Crippen LogP contribution in [-0.4, -0.2) is 27.0 Å². The SMILES string of the molecule is COC(=O)c1cc2ccc(-c3ccc4ncn(C)c4c3)cn2c1. The molecule has 5 heteroatoms. The molecule has 5 nitrogen and oxygen atoms in total. The van der Waals surface area contributed by atoms with E-state index in [9.17, 15) is 4.79 Å². The molecule has 3 heterocycles. The predicted molar refractivity (Wildman–Crippen MR) is 88.4 cm³/mol. The highest BCUT2D eigenvalue weighted by molar-refractivity contribution is 5.91. The average molecular weight is 305 g/mol. The summed E-state index contributed by atoms with van der Waals surface area (Å²) >= 11 is 0. The Morgan fingerprint density at radius 2 is 1.91 bits per heavy atom. The second kappa shape index (κ2) is 4.98. The molecule has 0 aliphatic carbocycles. The summed E-state index contributed by atoms with van der Waals surface area (Å²) in [5.41, 5.74) is 5.75. The smallest absolute Gasteiger partial charge is 0.339 e. The van der Waals surface area contributed by atoms with Gasteiger partial charge in [0.2, 0.25) is 0 Å². The van der Waals surface area contributed by atoms with Gasteiger partial charge in [0.05, 0.1) is 30.0 Å². The Balaban J connectivity index is 1.83. The summed E-state index contributed by atoms with van der Waals surface area (Å²) < 4.78 is 8.71. The zero-order valence-electron chi connectivity index (χ0n) is 12.9. The maximum Gasteiger partial charge on any atom is 0.339 e. The van der Waals surface area contributed by atoms with Crippen molar-refractivity contribution in [2.24, 2.45) is 7.05 Å². The second-order valence-electron chi connectivity index (χ2n) is 5.53. The van der Waals surface area contributed by atoms with Gasteiger partial charge in [-0.15, -0.1) is 0 Å². The summed E-state index contributed by atoms with van der Waals surface area (Å²) in [6, 6.07) is 12.1. The van der Waals surface area contributed by atoms with Crippen LogP contribution in [0.1, 0.15) is 10.4 Å². The minimum atomic E-state index is -0.327. The van der Waals surface area contributed by atoms with Gasteiger partial charge < -0.3 is 13.7 Å². The van der Waals surface area contributed by atoms with Gasteiger partial charge in [0.25, 0.3) is 0 Å². The second-order valence-corrected chi connectivity index (χ2v) is 5.53. The Kier molecular flexibility index (Phi) is 2.94. The maximum absolute atomic E-state index is 11.6. The first-order valence-corrected chi connectivity index (χ1v) is 7.27. The number of rotatable bonds is 2. The number of methoxy groups -OCH3 is 1. The van der Waals surface area contributed by atoms with E-state index in [-0.39, 0.29) is 5.97 Å². The molecule has 23 heavy (non-hydrogen) atoms. The fourth-order valence-corrected chi connectivity index (χ4v) is 2.82. The topological polar surface area (TPSA) is 48.5 Å². The fraction of sp³-hybridized carbons (Fsp3) is 0.111. The van der Waals surface area contributed by atoms with Gasteiger partial charge in [-0.3, -0.25) is 0 Å². The Labute approximate surface area is 132 Å². The van der Waals surface area contributed by atoms with Crippen LogP contribution in [-0.2, 0) is 11.8 Å². The number of imidazole rings is 1. The van der Waals surface area contributed by atoms with E-state index in [1.807, 2.05) is 52.8 Å². The molecular weight excluding hydrogens is 290 g/mol. The van der Waals surface area contributed by atoms with Gasteiger partial charge in [0.1, 0.15) is 0 Å². The molecule has 0 spiro atoms. The van der Waals surface area contributed by atoms with E-state index in [4.69, 9.17) is 4.74 Å². The van der Waals surface area contributed by atoms with Gasteiger partial charge in [0, 0.05) is 25.0 Å². The van der Waals surface area contributed by atoms with E-state index in [0.717, 1.165) is 27.7 Å². The van der Waals surface area contributed by atoms with Crippen LogP contribution in [0, 0.1) is 0 Å². The monoisotopic (exact) mass is 305 g/mol. The fourth-order valence-electron chi connectivity index (χ4n) is 2.82. The van der Waals surface area contributed by atoms with Gasteiger partial charge >= 0.3 is 5.97 Å². The van der Waals surface area contributed by atoms with E-state index in [1.54, 1.807) is 6.20 Å². The van der Waals surface area contributed by atoms with Crippen molar-refractivity contribution >= 4 is 22.5 Å².